The number of aliphatic hydroxyl groups is 8. The Kier molecular flexibility index (Phi) is 9.72. The maximum atomic E-state index is 10.8. The Bertz CT molecular complexity index is 791. The number of rotatable bonds is 1. The van der Waals surface area contributed by atoms with Gasteiger partial charge in [-0.15, -0.1) is 0 Å². The SMILES string of the molecule is OCC1OC2CC(OC3CCCC(COC4OC(O)C(O)C(OC5OC(CO2)C(O)C(O)C5O)C4O)O3)C1O. The molecule has 0 aromatic rings. The third kappa shape index (κ3) is 6.41. The highest BCUT2D eigenvalue weighted by atomic mass is 16.8. The smallest absolute Gasteiger partial charge is 0.189 e. The normalized spacial score (nSPS) is 53.8. The van der Waals surface area contributed by atoms with Crippen molar-refractivity contribution in [3.8, 4) is 0 Å². The van der Waals surface area contributed by atoms with Gasteiger partial charge in [-0.25, -0.2) is 0 Å². The predicted octanol–water partition coefficient (Wildman–Crippen LogP) is -4.63. The average molecular weight is 571 g/mol. The first kappa shape index (κ1) is 29.8. The van der Waals surface area contributed by atoms with Crippen LogP contribution in [0.15, 0.2) is 0 Å². The van der Waals surface area contributed by atoms with Crippen LogP contribution >= 0.6 is 0 Å². The van der Waals surface area contributed by atoms with Gasteiger partial charge in [-0.05, 0) is 19.3 Å². The molecule has 5 rings (SSSR count). The van der Waals surface area contributed by atoms with Gasteiger partial charge >= 0.3 is 0 Å². The van der Waals surface area contributed by atoms with Crippen molar-refractivity contribution in [3.63, 3.8) is 0 Å². The zero-order chi connectivity index (χ0) is 27.8. The molecule has 0 aromatic carbocycles. The van der Waals surface area contributed by atoms with Gasteiger partial charge in [0.2, 0.25) is 0 Å². The third-order valence-electron chi connectivity index (χ3n) is 7.70. The molecule has 5 fully saturated rings. The fraction of sp³-hybridized carbons (Fsp3) is 1.00. The fourth-order valence-corrected chi connectivity index (χ4v) is 5.42. The number of fused-ring (bicyclic) bond motifs is 8. The maximum Gasteiger partial charge on any atom is 0.189 e. The second kappa shape index (κ2) is 12.7. The predicted molar refractivity (Wildman–Crippen MR) is 120 cm³/mol. The van der Waals surface area contributed by atoms with Crippen molar-refractivity contribution < 1.29 is 78.7 Å². The molecule has 16 unspecified atom stereocenters. The van der Waals surface area contributed by atoms with E-state index >= 15 is 0 Å². The minimum atomic E-state index is -1.83. The van der Waals surface area contributed by atoms with Crippen molar-refractivity contribution in [2.45, 2.75) is 124 Å². The molecule has 226 valence electrons. The zero-order valence-electron chi connectivity index (χ0n) is 21.0. The van der Waals surface area contributed by atoms with Crippen molar-refractivity contribution >= 4 is 0 Å². The van der Waals surface area contributed by atoms with Gasteiger partial charge in [0.1, 0.15) is 54.9 Å². The van der Waals surface area contributed by atoms with Crippen molar-refractivity contribution in [1.82, 2.24) is 0 Å². The molecule has 5 heterocycles. The molecule has 5 saturated heterocycles. The molecule has 0 aliphatic carbocycles. The Labute approximate surface area is 223 Å². The Morgan fingerprint density at radius 3 is 2.13 bits per heavy atom. The van der Waals surface area contributed by atoms with Crippen LogP contribution < -0.4 is 0 Å². The first-order valence-corrected chi connectivity index (χ1v) is 13.2. The van der Waals surface area contributed by atoms with Crippen LogP contribution in [0.25, 0.3) is 0 Å². The van der Waals surface area contributed by atoms with E-state index in [1.54, 1.807) is 0 Å². The minimum Gasteiger partial charge on any atom is -0.394 e. The van der Waals surface area contributed by atoms with Crippen LogP contribution in [0.5, 0.6) is 0 Å². The van der Waals surface area contributed by atoms with Crippen LogP contribution in [0.2, 0.25) is 0 Å². The van der Waals surface area contributed by atoms with Gasteiger partial charge < -0.3 is 78.7 Å². The number of ether oxygens (including phenoxy) is 8. The summed E-state index contributed by atoms with van der Waals surface area (Å²) in [7, 11) is 0. The number of hydrogen-bond donors (Lipinski definition) is 8. The summed E-state index contributed by atoms with van der Waals surface area (Å²) in [5.74, 6) is 0. The summed E-state index contributed by atoms with van der Waals surface area (Å²) < 4.78 is 45.5. The summed E-state index contributed by atoms with van der Waals surface area (Å²) in [6.07, 6.45) is -19.9. The first-order chi connectivity index (χ1) is 18.7. The molecule has 0 saturated carbocycles. The molecule has 5 aliphatic heterocycles. The molecular weight excluding hydrogens is 532 g/mol. The molecule has 16 heteroatoms. The van der Waals surface area contributed by atoms with E-state index in [0.717, 1.165) is 0 Å². The van der Waals surface area contributed by atoms with E-state index in [1.807, 2.05) is 0 Å². The molecule has 8 N–H and O–H groups in total. The largest absolute Gasteiger partial charge is 0.394 e. The highest BCUT2D eigenvalue weighted by Crippen LogP contribution is 2.32. The summed E-state index contributed by atoms with van der Waals surface area (Å²) in [6.45, 7) is -0.995. The molecule has 16 atom stereocenters. The average Bonchev–Trinajstić information content (AvgIpc) is 2.92. The van der Waals surface area contributed by atoms with Crippen LogP contribution in [-0.4, -0.2) is 159 Å². The van der Waals surface area contributed by atoms with Crippen molar-refractivity contribution in [3.05, 3.63) is 0 Å². The van der Waals surface area contributed by atoms with Crippen LogP contribution in [0.3, 0.4) is 0 Å². The lowest BCUT2D eigenvalue weighted by atomic mass is 9.98. The van der Waals surface area contributed by atoms with Gasteiger partial charge in [0.25, 0.3) is 0 Å². The molecule has 0 amide bonds. The quantitative estimate of drug-likeness (QED) is 0.148. The molecule has 16 nitrogen and oxygen atoms in total. The lowest BCUT2D eigenvalue weighted by Crippen LogP contribution is -2.64. The van der Waals surface area contributed by atoms with Crippen molar-refractivity contribution in [2.24, 2.45) is 0 Å². The van der Waals surface area contributed by atoms with Gasteiger partial charge in [0.15, 0.2) is 31.5 Å². The standard InChI is InChI=1S/C23H38O16/c24-5-10-14(25)9-4-13(36-10)32-7-11-15(26)16(27)17(28)23(37-11)38-20-18(29)21(31)39-22(19(20)30)33-6-8-2-1-3-12(34-8)35-9/h8-31H,1-7H2. The van der Waals surface area contributed by atoms with Crippen molar-refractivity contribution in [1.29, 1.82) is 0 Å². The van der Waals surface area contributed by atoms with Gasteiger partial charge in [0, 0.05) is 6.42 Å². The molecule has 0 aromatic heterocycles. The Morgan fingerprint density at radius 2 is 1.36 bits per heavy atom. The highest BCUT2D eigenvalue weighted by molar-refractivity contribution is 4.93. The van der Waals surface area contributed by atoms with E-state index in [0.29, 0.717) is 19.3 Å². The summed E-state index contributed by atoms with van der Waals surface area (Å²) in [4.78, 5) is 0. The molecule has 0 spiro atoms. The van der Waals surface area contributed by atoms with Crippen molar-refractivity contribution in [2.75, 3.05) is 19.8 Å². The lowest BCUT2D eigenvalue weighted by molar-refractivity contribution is -0.385. The minimum absolute atomic E-state index is 0.0425. The van der Waals surface area contributed by atoms with Crippen LogP contribution in [0.1, 0.15) is 25.7 Å². The van der Waals surface area contributed by atoms with E-state index in [-0.39, 0.29) is 19.6 Å². The molecule has 8 bridgehead atoms. The third-order valence-corrected chi connectivity index (χ3v) is 7.70. The van der Waals surface area contributed by atoms with E-state index in [2.05, 4.69) is 0 Å². The van der Waals surface area contributed by atoms with Crippen LogP contribution in [0, 0.1) is 0 Å². The second-order valence-corrected chi connectivity index (χ2v) is 10.5. The lowest BCUT2D eigenvalue weighted by Gasteiger charge is -2.46. The number of aliphatic hydroxyl groups excluding tert-OH is 8. The molecular formula is C23H38O16. The fourth-order valence-electron chi connectivity index (χ4n) is 5.42. The van der Waals surface area contributed by atoms with Crippen LogP contribution in [0.4, 0.5) is 0 Å². The van der Waals surface area contributed by atoms with Gasteiger partial charge in [-0.1, -0.05) is 0 Å². The zero-order valence-corrected chi connectivity index (χ0v) is 21.0. The number of hydrogen-bond acceptors (Lipinski definition) is 16. The van der Waals surface area contributed by atoms with E-state index in [1.165, 1.54) is 0 Å². The van der Waals surface area contributed by atoms with Gasteiger partial charge in [-0.2, -0.15) is 0 Å². The summed E-state index contributed by atoms with van der Waals surface area (Å²) >= 11 is 0. The second-order valence-electron chi connectivity index (χ2n) is 10.5. The van der Waals surface area contributed by atoms with E-state index < -0.39 is 105 Å². The Balaban J connectivity index is 1.39. The molecule has 5 aliphatic rings. The summed E-state index contributed by atoms with van der Waals surface area (Å²) in [5, 5.41) is 83.3. The van der Waals surface area contributed by atoms with E-state index in [9.17, 15) is 40.9 Å². The Morgan fingerprint density at radius 1 is 0.564 bits per heavy atom. The van der Waals surface area contributed by atoms with Gasteiger partial charge in [0.05, 0.1) is 32.0 Å². The molecule has 0 radical (unpaired) electrons. The monoisotopic (exact) mass is 570 g/mol. The van der Waals surface area contributed by atoms with E-state index in [4.69, 9.17) is 37.9 Å². The maximum absolute atomic E-state index is 10.8. The first-order valence-electron chi connectivity index (χ1n) is 13.2. The summed E-state index contributed by atoms with van der Waals surface area (Å²) in [5.41, 5.74) is 0. The Hall–Kier alpha value is -0.640. The van der Waals surface area contributed by atoms with Crippen LogP contribution in [-0.2, 0) is 37.9 Å². The highest BCUT2D eigenvalue weighted by Gasteiger charge is 2.51. The summed E-state index contributed by atoms with van der Waals surface area (Å²) in [6, 6.07) is 0. The van der Waals surface area contributed by atoms with Gasteiger partial charge in [-0.3, -0.25) is 0 Å². The topological polar surface area (TPSA) is 236 Å². The molecule has 39 heavy (non-hydrogen) atoms.